The van der Waals surface area contributed by atoms with Crippen molar-refractivity contribution < 1.29 is 14.3 Å². The lowest BCUT2D eigenvalue weighted by Gasteiger charge is -2.31. The molecule has 136 valence electrons. The number of hydrogen-bond donors (Lipinski definition) is 1. The Morgan fingerprint density at radius 3 is 2.65 bits per heavy atom. The molecule has 0 radical (unpaired) electrons. The maximum atomic E-state index is 13.3. The minimum absolute atomic E-state index is 0.0469. The van der Waals surface area contributed by atoms with Crippen LogP contribution >= 0.6 is 11.6 Å². The van der Waals surface area contributed by atoms with Crippen LogP contribution in [0.25, 0.3) is 0 Å². The summed E-state index contributed by atoms with van der Waals surface area (Å²) in [7, 11) is 1.60. The zero-order valence-electron chi connectivity index (χ0n) is 15.0. The summed E-state index contributed by atoms with van der Waals surface area (Å²) in [5.74, 6) is 0.243. The predicted octanol–water partition coefficient (Wildman–Crippen LogP) is 3.97. The second-order valence-electron chi connectivity index (χ2n) is 6.65. The quantitative estimate of drug-likeness (QED) is 0.883. The number of carbonyl (C=O) groups is 2. The molecule has 3 rings (SSSR count). The molecule has 0 saturated heterocycles. The smallest absolute Gasteiger partial charge is 0.257 e. The molecule has 26 heavy (non-hydrogen) atoms. The Balaban J connectivity index is 2.05. The van der Waals surface area contributed by atoms with Crippen LogP contribution in [0.15, 0.2) is 42.5 Å². The molecule has 1 aliphatic rings. The summed E-state index contributed by atoms with van der Waals surface area (Å²) in [6.07, 6.45) is 0. The predicted molar refractivity (Wildman–Crippen MR) is 102 cm³/mol. The number of nitrogens with one attached hydrogen (secondary N) is 1. The van der Waals surface area contributed by atoms with Crippen molar-refractivity contribution in [3.05, 3.63) is 58.6 Å². The van der Waals surface area contributed by atoms with Crippen molar-refractivity contribution in [2.24, 2.45) is 5.92 Å². The molecule has 0 bridgehead atoms. The van der Waals surface area contributed by atoms with Gasteiger partial charge in [0.15, 0.2) is 0 Å². The first kappa shape index (κ1) is 18.3. The summed E-state index contributed by atoms with van der Waals surface area (Å²) in [6, 6.07) is 11.8. The second-order valence-corrected chi connectivity index (χ2v) is 7.09. The first-order valence-electron chi connectivity index (χ1n) is 8.45. The Labute approximate surface area is 157 Å². The number of halogens is 1. The monoisotopic (exact) mass is 372 g/mol. The molecule has 1 aliphatic heterocycles. The van der Waals surface area contributed by atoms with Crippen molar-refractivity contribution in [2.75, 3.05) is 12.4 Å². The average Bonchev–Trinajstić information content (AvgIpc) is 2.71. The van der Waals surface area contributed by atoms with Gasteiger partial charge >= 0.3 is 0 Å². The first-order chi connectivity index (χ1) is 12.4. The number of nitrogens with zero attached hydrogens (tertiary/aromatic N) is 1. The standard InChI is InChI=1S/C20H21ClN2O3/c1-12(2)18-19(24)22-17-8-7-14(21)10-16(17)20(25)23(18)11-13-5-4-6-15(9-13)26-3/h4-10,12,18H,11H2,1-3H3,(H,22,24)/t18-/m0/s1. The fourth-order valence-corrected chi connectivity index (χ4v) is 3.40. The zero-order valence-corrected chi connectivity index (χ0v) is 15.7. The number of fused-ring (bicyclic) bond motifs is 1. The van der Waals surface area contributed by atoms with Crippen molar-refractivity contribution in [1.82, 2.24) is 4.90 Å². The second kappa shape index (κ2) is 7.38. The highest BCUT2D eigenvalue weighted by molar-refractivity contribution is 6.31. The number of rotatable bonds is 4. The van der Waals surface area contributed by atoms with Gasteiger partial charge in [-0.1, -0.05) is 37.6 Å². The zero-order chi connectivity index (χ0) is 18.8. The highest BCUT2D eigenvalue weighted by atomic mass is 35.5. The van der Waals surface area contributed by atoms with E-state index in [0.717, 1.165) is 5.56 Å². The third-order valence-electron chi connectivity index (χ3n) is 4.45. The van der Waals surface area contributed by atoms with Gasteiger partial charge in [-0.15, -0.1) is 0 Å². The Kier molecular flexibility index (Phi) is 5.18. The van der Waals surface area contributed by atoms with Gasteiger partial charge in [-0.05, 0) is 41.8 Å². The average molecular weight is 373 g/mol. The van der Waals surface area contributed by atoms with Gasteiger partial charge in [-0.25, -0.2) is 0 Å². The molecule has 6 heteroatoms. The van der Waals surface area contributed by atoms with Gasteiger partial charge in [0, 0.05) is 11.6 Å². The molecule has 2 aromatic rings. The van der Waals surface area contributed by atoms with Gasteiger partial charge < -0.3 is 15.0 Å². The molecular formula is C20H21ClN2O3. The van der Waals surface area contributed by atoms with E-state index in [0.29, 0.717) is 28.6 Å². The van der Waals surface area contributed by atoms with Crippen LogP contribution in [-0.2, 0) is 11.3 Å². The lowest BCUT2D eigenvalue weighted by atomic mass is 10.0. The summed E-state index contributed by atoms with van der Waals surface area (Å²) in [4.78, 5) is 27.7. The van der Waals surface area contributed by atoms with Gasteiger partial charge in [0.1, 0.15) is 11.8 Å². The number of carbonyl (C=O) groups excluding carboxylic acids is 2. The van der Waals surface area contributed by atoms with Gasteiger partial charge in [-0.2, -0.15) is 0 Å². The van der Waals surface area contributed by atoms with Crippen molar-refractivity contribution in [3.8, 4) is 5.75 Å². The van der Waals surface area contributed by atoms with Crippen molar-refractivity contribution in [1.29, 1.82) is 0 Å². The molecule has 0 aromatic heterocycles. The van der Waals surface area contributed by atoms with Crippen molar-refractivity contribution >= 4 is 29.1 Å². The van der Waals surface area contributed by atoms with Crippen molar-refractivity contribution in [2.45, 2.75) is 26.4 Å². The Morgan fingerprint density at radius 2 is 1.96 bits per heavy atom. The minimum atomic E-state index is -0.583. The van der Waals surface area contributed by atoms with Crippen LogP contribution in [0.3, 0.4) is 0 Å². The molecule has 1 atom stereocenters. The molecule has 2 aromatic carbocycles. The first-order valence-corrected chi connectivity index (χ1v) is 8.83. The third kappa shape index (κ3) is 3.53. The summed E-state index contributed by atoms with van der Waals surface area (Å²) < 4.78 is 5.26. The lowest BCUT2D eigenvalue weighted by Crippen LogP contribution is -2.47. The summed E-state index contributed by atoms with van der Waals surface area (Å²) in [5.41, 5.74) is 1.78. The van der Waals surface area contributed by atoms with Crippen LogP contribution in [0.5, 0.6) is 5.75 Å². The molecular weight excluding hydrogens is 352 g/mol. The summed E-state index contributed by atoms with van der Waals surface area (Å²) in [5, 5.41) is 3.32. The molecule has 1 heterocycles. The Bertz CT molecular complexity index is 851. The number of benzene rings is 2. The van der Waals surface area contributed by atoms with Crippen LogP contribution in [0, 0.1) is 5.92 Å². The number of anilines is 1. The van der Waals surface area contributed by atoms with Gasteiger partial charge in [-0.3, -0.25) is 9.59 Å². The molecule has 0 spiro atoms. The summed E-state index contributed by atoms with van der Waals surface area (Å²) >= 11 is 6.08. The van der Waals surface area contributed by atoms with Gasteiger partial charge in [0.25, 0.3) is 5.91 Å². The van der Waals surface area contributed by atoms with Gasteiger partial charge in [0.2, 0.25) is 5.91 Å². The number of amides is 2. The molecule has 0 saturated carbocycles. The number of ether oxygens (including phenoxy) is 1. The van der Waals surface area contributed by atoms with Crippen LogP contribution in [-0.4, -0.2) is 29.9 Å². The van der Waals surface area contributed by atoms with E-state index in [9.17, 15) is 9.59 Å². The molecule has 5 nitrogen and oxygen atoms in total. The van der Waals surface area contributed by atoms with Crippen molar-refractivity contribution in [3.63, 3.8) is 0 Å². The molecule has 2 amide bonds. The van der Waals surface area contributed by atoms with Crippen LogP contribution in [0.4, 0.5) is 5.69 Å². The van der Waals surface area contributed by atoms with E-state index in [2.05, 4.69) is 5.32 Å². The van der Waals surface area contributed by atoms with E-state index in [4.69, 9.17) is 16.3 Å². The maximum Gasteiger partial charge on any atom is 0.257 e. The Morgan fingerprint density at radius 1 is 1.19 bits per heavy atom. The topological polar surface area (TPSA) is 58.6 Å². The fraction of sp³-hybridized carbons (Fsp3) is 0.300. The van der Waals surface area contributed by atoms with Crippen LogP contribution in [0.1, 0.15) is 29.8 Å². The summed E-state index contributed by atoms with van der Waals surface area (Å²) in [6.45, 7) is 4.16. The molecule has 0 unspecified atom stereocenters. The highest BCUT2D eigenvalue weighted by Crippen LogP contribution is 2.30. The normalized spacial score (nSPS) is 17.0. The fourth-order valence-electron chi connectivity index (χ4n) is 3.23. The number of methoxy groups -OCH3 is 1. The van der Waals surface area contributed by atoms with Crippen LogP contribution < -0.4 is 10.1 Å². The Hall–Kier alpha value is -2.53. The number of hydrogen-bond acceptors (Lipinski definition) is 3. The molecule has 1 N–H and O–H groups in total. The van der Waals surface area contributed by atoms with Gasteiger partial charge in [0.05, 0.1) is 18.4 Å². The van der Waals surface area contributed by atoms with E-state index in [1.54, 1.807) is 30.2 Å². The van der Waals surface area contributed by atoms with E-state index in [-0.39, 0.29) is 17.7 Å². The highest BCUT2D eigenvalue weighted by Gasteiger charge is 2.37. The lowest BCUT2D eigenvalue weighted by molar-refractivity contribution is -0.121. The van der Waals surface area contributed by atoms with Crippen LogP contribution in [0.2, 0.25) is 5.02 Å². The molecule has 0 aliphatic carbocycles. The van der Waals surface area contributed by atoms with E-state index in [1.165, 1.54) is 0 Å². The largest absolute Gasteiger partial charge is 0.497 e. The third-order valence-corrected chi connectivity index (χ3v) is 4.69. The van der Waals surface area contributed by atoms with E-state index in [1.807, 2.05) is 38.1 Å². The van der Waals surface area contributed by atoms with E-state index < -0.39 is 6.04 Å². The maximum absolute atomic E-state index is 13.3. The molecule has 0 fully saturated rings. The van der Waals surface area contributed by atoms with E-state index >= 15 is 0 Å². The SMILES string of the molecule is COc1cccc(CN2C(=O)c3cc(Cl)ccc3NC(=O)[C@@H]2C(C)C)c1. The minimum Gasteiger partial charge on any atom is -0.497 e.